The minimum atomic E-state index is -0.191. The normalized spacial score (nSPS) is 12.3. The average Bonchev–Trinajstić information content (AvgIpc) is 2.40. The molecule has 1 atom stereocenters. The van der Waals surface area contributed by atoms with Gasteiger partial charge in [-0.2, -0.15) is 0 Å². The number of amides is 1. The van der Waals surface area contributed by atoms with Gasteiger partial charge in [-0.3, -0.25) is 4.79 Å². The second-order valence-electron chi connectivity index (χ2n) is 5.40. The molecular weight excluding hydrogens is 254 g/mol. The van der Waals surface area contributed by atoms with Crippen LogP contribution in [0.1, 0.15) is 31.4 Å². The van der Waals surface area contributed by atoms with Crippen molar-refractivity contribution in [1.82, 2.24) is 5.32 Å². The molecule has 112 valence electrons. The van der Waals surface area contributed by atoms with Gasteiger partial charge in [0, 0.05) is 0 Å². The summed E-state index contributed by atoms with van der Waals surface area (Å²) in [6.45, 7) is 8.27. The van der Waals surface area contributed by atoms with Gasteiger partial charge in [-0.15, -0.1) is 0 Å². The fourth-order valence-corrected chi connectivity index (χ4v) is 1.84. The van der Waals surface area contributed by atoms with Crippen LogP contribution in [-0.4, -0.2) is 30.3 Å². The molecule has 4 heteroatoms. The number of carbonyl (C=O) groups excluding carboxylic acids is 1. The van der Waals surface area contributed by atoms with E-state index in [-0.39, 0.29) is 30.9 Å². The molecule has 0 unspecified atom stereocenters. The summed E-state index contributed by atoms with van der Waals surface area (Å²) in [5, 5.41) is 12.0. The molecule has 0 aliphatic heterocycles. The van der Waals surface area contributed by atoms with Crippen molar-refractivity contribution in [1.29, 1.82) is 0 Å². The summed E-state index contributed by atoms with van der Waals surface area (Å²) >= 11 is 0. The Hall–Kier alpha value is -1.55. The monoisotopic (exact) mass is 279 g/mol. The molecule has 0 fully saturated rings. The van der Waals surface area contributed by atoms with Crippen LogP contribution in [-0.2, 0) is 4.79 Å². The van der Waals surface area contributed by atoms with Crippen LogP contribution in [0.4, 0.5) is 0 Å². The van der Waals surface area contributed by atoms with Crippen molar-refractivity contribution >= 4 is 5.91 Å². The zero-order valence-electron chi connectivity index (χ0n) is 12.8. The first-order valence-electron chi connectivity index (χ1n) is 7.05. The van der Waals surface area contributed by atoms with Crippen molar-refractivity contribution in [3.05, 3.63) is 29.3 Å². The lowest BCUT2D eigenvalue weighted by Gasteiger charge is -2.20. The number of hydrogen-bond donors (Lipinski definition) is 2. The van der Waals surface area contributed by atoms with E-state index in [9.17, 15) is 4.79 Å². The van der Waals surface area contributed by atoms with Crippen LogP contribution in [0.3, 0.4) is 0 Å². The van der Waals surface area contributed by atoms with E-state index in [2.05, 4.69) is 5.32 Å². The third kappa shape index (κ3) is 4.85. The molecule has 0 bridgehead atoms. The topological polar surface area (TPSA) is 58.6 Å². The van der Waals surface area contributed by atoms with Gasteiger partial charge < -0.3 is 15.2 Å². The van der Waals surface area contributed by atoms with Gasteiger partial charge in [-0.05, 0) is 37.0 Å². The minimum Gasteiger partial charge on any atom is -0.493 e. The summed E-state index contributed by atoms with van der Waals surface area (Å²) in [5.74, 6) is 0.937. The number of aryl methyl sites for hydroxylation is 1. The van der Waals surface area contributed by atoms with Crippen LogP contribution in [0.5, 0.6) is 5.75 Å². The molecule has 1 amide bonds. The lowest BCUT2D eigenvalue weighted by Crippen LogP contribution is -2.41. The summed E-state index contributed by atoms with van der Waals surface area (Å²) in [7, 11) is 0. The maximum atomic E-state index is 11.8. The van der Waals surface area contributed by atoms with Gasteiger partial charge in [0.05, 0.1) is 25.7 Å². The Bertz CT molecular complexity index is 443. The summed E-state index contributed by atoms with van der Waals surface area (Å²) < 4.78 is 5.64. The predicted molar refractivity (Wildman–Crippen MR) is 79.9 cm³/mol. The van der Waals surface area contributed by atoms with Gasteiger partial charge in [0.25, 0.3) is 0 Å². The van der Waals surface area contributed by atoms with Crippen molar-refractivity contribution in [2.75, 3.05) is 13.2 Å². The molecule has 0 saturated heterocycles. The first-order valence-corrected chi connectivity index (χ1v) is 7.05. The van der Waals surface area contributed by atoms with Crippen molar-refractivity contribution < 1.29 is 14.6 Å². The molecule has 0 aliphatic carbocycles. The zero-order chi connectivity index (χ0) is 15.1. The second kappa shape index (κ2) is 7.90. The third-order valence-corrected chi connectivity index (χ3v) is 3.49. The number of aliphatic hydroxyl groups is 1. The van der Waals surface area contributed by atoms with Crippen LogP contribution >= 0.6 is 0 Å². The standard InChI is InChI=1S/C16H25NO3/c1-11(2)14(10-18)17-16(19)8-9-20-15-7-5-6-12(3)13(15)4/h5-7,11,14,18H,8-10H2,1-4H3,(H,17,19)/t14-/m1/s1. The van der Waals surface area contributed by atoms with Crippen LogP contribution in [0.25, 0.3) is 0 Å². The van der Waals surface area contributed by atoms with Gasteiger partial charge in [0.15, 0.2) is 0 Å². The Morgan fingerprint density at radius 3 is 2.65 bits per heavy atom. The first-order chi connectivity index (χ1) is 9.45. The van der Waals surface area contributed by atoms with E-state index >= 15 is 0 Å². The number of rotatable bonds is 7. The lowest BCUT2D eigenvalue weighted by atomic mass is 10.1. The Morgan fingerprint density at radius 2 is 2.05 bits per heavy atom. The minimum absolute atomic E-state index is 0.0404. The van der Waals surface area contributed by atoms with Gasteiger partial charge in [0.1, 0.15) is 5.75 Å². The Kier molecular flexibility index (Phi) is 6.52. The quantitative estimate of drug-likeness (QED) is 0.804. The highest BCUT2D eigenvalue weighted by Gasteiger charge is 2.14. The van der Waals surface area contributed by atoms with E-state index in [1.807, 2.05) is 45.9 Å². The van der Waals surface area contributed by atoms with E-state index in [0.717, 1.165) is 11.3 Å². The van der Waals surface area contributed by atoms with Crippen molar-refractivity contribution in [3.8, 4) is 5.75 Å². The van der Waals surface area contributed by atoms with Gasteiger partial charge >= 0.3 is 0 Å². The van der Waals surface area contributed by atoms with E-state index < -0.39 is 0 Å². The van der Waals surface area contributed by atoms with Gasteiger partial charge in [0.2, 0.25) is 5.91 Å². The molecule has 1 aromatic carbocycles. The van der Waals surface area contributed by atoms with E-state index in [1.165, 1.54) is 5.56 Å². The largest absolute Gasteiger partial charge is 0.493 e. The molecule has 0 aromatic heterocycles. The number of nitrogens with one attached hydrogen (secondary N) is 1. The number of ether oxygens (including phenoxy) is 1. The number of hydrogen-bond acceptors (Lipinski definition) is 3. The number of carbonyl (C=O) groups is 1. The van der Waals surface area contributed by atoms with Crippen LogP contribution in [0, 0.1) is 19.8 Å². The number of benzene rings is 1. The molecule has 2 N–H and O–H groups in total. The van der Waals surface area contributed by atoms with Gasteiger partial charge in [-0.25, -0.2) is 0 Å². The van der Waals surface area contributed by atoms with Crippen LogP contribution < -0.4 is 10.1 Å². The molecule has 1 rings (SSSR count). The van der Waals surface area contributed by atoms with Crippen molar-refractivity contribution in [2.24, 2.45) is 5.92 Å². The number of aliphatic hydroxyl groups excluding tert-OH is 1. The highest BCUT2D eigenvalue weighted by atomic mass is 16.5. The van der Waals surface area contributed by atoms with Crippen LogP contribution in [0.15, 0.2) is 18.2 Å². The van der Waals surface area contributed by atoms with Crippen molar-refractivity contribution in [3.63, 3.8) is 0 Å². The molecular formula is C16H25NO3. The maximum Gasteiger partial charge on any atom is 0.223 e. The lowest BCUT2D eigenvalue weighted by molar-refractivity contribution is -0.122. The molecule has 0 aliphatic rings. The summed E-state index contributed by atoms with van der Waals surface area (Å²) in [5.41, 5.74) is 2.27. The summed E-state index contributed by atoms with van der Waals surface area (Å²) in [4.78, 5) is 11.8. The van der Waals surface area contributed by atoms with E-state index in [1.54, 1.807) is 0 Å². The summed E-state index contributed by atoms with van der Waals surface area (Å²) in [6.07, 6.45) is 0.288. The Labute approximate surface area is 121 Å². The molecule has 0 heterocycles. The zero-order valence-corrected chi connectivity index (χ0v) is 12.8. The molecule has 0 radical (unpaired) electrons. The fraction of sp³-hybridized carbons (Fsp3) is 0.562. The Balaban J connectivity index is 2.40. The third-order valence-electron chi connectivity index (χ3n) is 3.49. The molecule has 1 aromatic rings. The highest BCUT2D eigenvalue weighted by Crippen LogP contribution is 2.20. The Morgan fingerprint density at radius 1 is 1.35 bits per heavy atom. The molecule has 0 saturated carbocycles. The average molecular weight is 279 g/mol. The SMILES string of the molecule is Cc1cccc(OCCC(=O)N[C@H](CO)C(C)C)c1C. The van der Waals surface area contributed by atoms with E-state index in [0.29, 0.717) is 6.61 Å². The molecule has 4 nitrogen and oxygen atoms in total. The van der Waals surface area contributed by atoms with Gasteiger partial charge in [-0.1, -0.05) is 26.0 Å². The first kappa shape index (κ1) is 16.5. The van der Waals surface area contributed by atoms with Crippen LogP contribution in [0.2, 0.25) is 0 Å². The highest BCUT2D eigenvalue weighted by molar-refractivity contribution is 5.76. The fourth-order valence-electron chi connectivity index (χ4n) is 1.84. The molecule has 0 spiro atoms. The molecule has 20 heavy (non-hydrogen) atoms. The van der Waals surface area contributed by atoms with Crippen molar-refractivity contribution in [2.45, 2.75) is 40.2 Å². The smallest absolute Gasteiger partial charge is 0.223 e. The summed E-state index contributed by atoms with van der Waals surface area (Å²) in [6, 6.07) is 5.69. The van der Waals surface area contributed by atoms with E-state index in [4.69, 9.17) is 9.84 Å². The maximum absolute atomic E-state index is 11.8. The second-order valence-corrected chi connectivity index (χ2v) is 5.40. The predicted octanol–water partition coefficient (Wildman–Crippen LogP) is 2.21.